The van der Waals surface area contributed by atoms with Gasteiger partial charge in [-0.2, -0.15) is 5.10 Å². The van der Waals surface area contributed by atoms with E-state index in [-0.39, 0.29) is 5.91 Å². The van der Waals surface area contributed by atoms with Crippen molar-refractivity contribution in [3.05, 3.63) is 56.9 Å². The van der Waals surface area contributed by atoms with Crippen LogP contribution < -0.4 is 5.43 Å². The van der Waals surface area contributed by atoms with Gasteiger partial charge in [-0.15, -0.1) is 11.8 Å². The first-order chi connectivity index (χ1) is 10.6. The summed E-state index contributed by atoms with van der Waals surface area (Å²) in [5, 5.41) is 4.58. The van der Waals surface area contributed by atoms with E-state index in [4.69, 9.17) is 16.0 Å². The van der Waals surface area contributed by atoms with Gasteiger partial charge in [0.05, 0.1) is 16.4 Å². The van der Waals surface area contributed by atoms with Crippen LogP contribution in [0.15, 0.2) is 44.3 Å². The van der Waals surface area contributed by atoms with Crippen molar-refractivity contribution < 1.29 is 9.21 Å². The summed E-state index contributed by atoms with van der Waals surface area (Å²) < 4.78 is 6.25. The number of amides is 1. The fraction of sp³-hybridized carbons (Fsp3) is 0.200. The number of rotatable bonds is 6. The summed E-state index contributed by atoms with van der Waals surface area (Å²) in [6.45, 7) is 1.84. The van der Waals surface area contributed by atoms with Crippen LogP contribution in [0.2, 0.25) is 5.02 Å². The molecule has 0 spiro atoms. The zero-order valence-corrected chi connectivity index (χ0v) is 15.0. The predicted octanol–water partition coefficient (Wildman–Crippen LogP) is 4.39. The summed E-state index contributed by atoms with van der Waals surface area (Å²) in [6.07, 6.45) is 1.47. The van der Waals surface area contributed by atoms with Gasteiger partial charge in [0.15, 0.2) is 0 Å². The first-order valence-corrected chi connectivity index (χ1v) is 8.78. The minimum absolute atomic E-state index is 0.171. The van der Waals surface area contributed by atoms with Gasteiger partial charge in [-0.1, -0.05) is 29.8 Å². The molecule has 0 aliphatic heterocycles. The van der Waals surface area contributed by atoms with Gasteiger partial charge in [0.1, 0.15) is 11.5 Å². The summed E-state index contributed by atoms with van der Waals surface area (Å²) in [6, 6.07) is 9.38. The number of hydrogen-bond acceptors (Lipinski definition) is 4. The fourth-order valence-corrected chi connectivity index (χ4v) is 3.03. The van der Waals surface area contributed by atoms with Crippen LogP contribution in [-0.4, -0.2) is 17.9 Å². The van der Waals surface area contributed by atoms with Crippen molar-refractivity contribution in [1.82, 2.24) is 5.43 Å². The summed E-state index contributed by atoms with van der Waals surface area (Å²) in [4.78, 5) is 11.7. The number of hydrogen-bond donors (Lipinski definition) is 1. The van der Waals surface area contributed by atoms with E-state index in [2.05, 4.69) is 26.5 Å². The Morgan fingerprint density at radius 2 is 2.27 bits per heavy atom. The molecule has 2 aromatic rings. The number of hydrazone groups is 1. The van der Waals surface area contributed by atoms with Crippen LogP contribution in [0.1, 0.15) is 17.1 Å². The van der Waals surface area contributed by atoms with Crippen molar-refractivity contribution in [1.29, 1.82) is 0 Å². The number of halogens is 2. The molecule has 0 fully saturated rings. The van der Waals surface area contributed by atoms with E-state index in [1.807, 2.05) is 31.2 Å². The van der Waals surface area contributed by atoms with Crippen LogP contribution in [-0.2, 0) is 10.5 Å². The minimum Gasteiger partial charge on any atom is -0.459 e. The second-order valence-corrected chi connectivity index (χ2v) is 6.68. The molecule has 1 N–H and O–H groups in total. The average molecular weight is 402 g/mol. The zero-order chi connectivity index (χ0) is 15.9. The Morgan fingerprint density at radius 3 is 2.95 bits per heavy atom. The van der Waals surface area contributed by atoms with Gasteiger partial charge in [0, 0.05) is 16.8 Å². The lowest BCUT2D eigenvalue weighted by Gasteiger charge is -2.03. The number of nitrogens with zero attached hydrogens (tertiary/aromatic N) is 1. The van der Waals surface area contributed by atoms with Crippen molar-refractivity contribution >= 4 is 51.4 Å². The van der Waals surface area contributed by atoms with E-state index in [1.165, 1.54) is 18.0 Å². The highest BCUT2D eigenvalue weighted by atomic mass is 79.9. The van der Waals surface area contributed by atoms with Gasteiger partial charge in [-0.05, 0) is 34.5 Å². The highest BCUT2D eigenvalue weighted by Crippen LogP contribution is 2.20. The maximum atomic E-state index is 11.7. The number of carbonyl (C=O) groups excluding carboxylic acids is 1. The molecule has 0 radical (unpaired) electrons. The van der Waals surface area contributed by atoms with Crippen LogP contribution >= 0.6 is 39.3 Å². The molecule has 0 aliphatic rings. The van der Waals surface area contributed by atoms with Crippen molar-refractivity contribution in [2.45, 2.75) is 12.7 Å². The van der Waals surface area contributed by atoms with E-state index in [0.717, 1.165) is 15.8 Å². The van der Waals surface area contributed by atoms with Crippen LogP contribution in [0.25, 0.3) is 0 Å². The quantitative estimate of drug-likeness (QED) is 0.577. The van der Waals surface area contributed by atoms with E-state index in [0.29, 0.717) is 22.3 Å². The third-order valence-electron chi connectivity index (χ3n) is 2.71. The topological polar surface area (TPSA) is 54.6 Å². The molecule has 0 atom stereocenters. The second kappa shape index (κ2) is 8.41. The van der Waals surface area contributed by atoms with Crippen molar-refractivity contribution in [3.63, 3.8) is 0 Å². The molecule has 7 heteroatoms. The Labute approximate surface area is 146 Å². The third kappa shape index (κ3) is 5.19. The monoisotopic (exact) mass is 400 g/mol. The van der Waals surface area contributed by atoms with Gasteiger partial charge in [0.25, 0.3) is 0 Å². The molecule has 1 amide bonds. The molecular weight excluding hydrogens is 388 g/mol. The first-order valence-electron chi connectivity index (χ1n) is 6.45. The molecule has 4 nitrogen and oxygen atoms in total. The number of nitrogens with one attached hydrogen (secondary N) is 1. The first kappa shape index (κ1) is 17.1. The van der Waals surface area contributed by atoms with Crippen molar-refractivity contribution in [2.24, 2.45) is 5.10 Å². The van der Waals surface area contributed by atoms with Crippen molar-refractivity contribution in [3.8, 4) is 0 Å². The van der Waals surface area contributed by atoms with Gasteiger partial charge in [-0.3, -0.25) is 4.79 Å². The predicted molar refractivity (Wildman–Crippen MR) is 94.5 cm³/mol. The Morgan fingerprint density at radius 1 is 1.50 bits per heavy atom. The highest BCUT2D eigenvalue weighted by molar-refractivity contribution is 9.10. The third-order valence-corrected chi connectivity index (χ3v) is 4.84. The van der Waals surface area contributed by atoms with Gasteiger partial charge >= 0.3 is 0 Å². The maximum Gasteiger partial charge on any atom is 0.250 e. The molecule has 22 heavy (non-hydrogen) atoms. The lowest BCUT2D eigenvalue weighted by atomic mass is 10.2. The fourth-order valence-electron chi connectivity index (χ4n) is 1.61. The standard InChI is InChI=1S/C15H14BrClN2O2S/c1-10-13(16)6-12(21-10)7-18-19-15(20)9-22-8-11-4-2-3-5-14(11)17/h2-7H,8-9H2,1H3,(H,19,20)/b18-7-. The summed E-state index contributed by atoms with van der Waals surface area (Å²) in [5.41, 5.74) is 3.48. The minimum atomic E-state index is -0.171. The second-order valence-electron chi connectivity index (χ2n) is 4.43. The molecule has 1 heterocycles. The number of furan rings is 1. The van der Waals surface area contributed by atoms with Gasteiger partial charge in [-0.25, -0.2) is 5.43 Å². The Bertz CT molecular complexity index is 668. The Hall–Kier alpha value is -1.24. The van der Waals surface area contributed by atoms with Crippen LogP contribution in [0.3, 0.4) is 0 Å². The SMILES string of the molecule is Cc1oc(/C=N\NC(=O)CSCc2ccccc2Cl)cc1Br. The molecule has 0 unspecified atom stereocenters. The number of carbonyl (C=O) groups is 1. The smallest absolute Gasteiger partial charge is 0.250 e. The van der Waals surface area contributed by atoms with E-state index >= 15 is 0 Å². The van der Waals surface area contributed by atoms with E-state index in [1.54, 1.807) is 6.07 Å². The number of thioether (sulfide) groups is 1. The van der Waals surface area contributed by atoms with Crippen LogP contribution in [0.5, 0.6) is 0 Å². The normalized spacial score (nSPS) is 11.0. The van der Waals surface area contributed by atoms with Crippen LogP contribution in [0, 0.1) is 6.92 Å². The Balaban J connectivity index is 1.73. The molecular formula is C15H14BrClN2O2S. The lowest BCUT2D eigenvalue weighted by molar-refractivity contribution is -0.118. The molecule has 1 aromatic carbocycles. The van der Waals surface area contributed by atoms with Crippen molar-refractivity contribution in [2.75, 3.05) is 5.75 Å². The van der Waals surface area contributed by atoms with Gasteiger partial charge < -0.3 is 4.42 Å². The molecule has 116 valence electrons. The highest BCUT2D eigenvalue weighted by Gasteiger charge is 2.04. The summed E-state index contributed by atoms with van der Waals surface area (Å²) in [7, 11) is 0. The summed E-state index contributed by atoms with van der Waals surface area (Å²) in [5.74, 6) is 2.16. The molecule has 0 saturated heterocycles. The molecule has 0 bridgehead atoms. The van der Waals surface area contributed by atoms with Gasteiger partial charge in [0.2, 0.25) is 5.91 Å². The van der Waals surface area contributed by atoms with E-state index in [9.17, 15) is 4.79 Å². The Kier molecular flexibility index (Phi) is 6.54. The summed E-state index contributed by atoms with van der Waals surface area (Å²) >= 11 is 10.9. The number of aryl methyl sites for hydroxylation is 1. The molecule has 2 rings (SSSR count). The zero-order valence-electron chi connectivity index (χ0n) is 11.8. The average Bonchev–Trinajstić information content (AvgIpc) is 2.80. The molecule has 0 saturated carbocycles. The molecule has 0 aliphatic carbocycles. The lowest BCUT2D eigenvalue weighted by Crippen LogP contribution is -2.19. The molecule has 1 aromatic heterocycles. The van der Waals surface area contributed by atoms with Crippen LogP contribution in [0.4, 0.5) is 0 Å². The largest absolute Gasteiger partial charge is 0.459 e. The maximum absolute atomic E-state index is 11.7. The number of benzene rings is 1. The van der Waals surface area contributed by atoms with E-state index < -0.39 is 0 Å².